The standard InChI is InChI=1S/C14H18N4O/c1-2-11-9-16-18-13(11)17-14(19)12(15)8-10-6-4-3-5-7-10/h3-7,9,12H,2,8,15H2,1H3,(H2,16,17,18,19). The van der Waals surface area contributed by atoms with Crippen LogP contribution in [0.4, 0.5) is 5.82 Å². The van der Waals surface area contributed by atoms with Gasteiger partial charge in [0, 0.05) is 5.56 Å². The van der Waals surface area contributed by atoms with E-state index in [0.29, 0.717) is 12.2 Å². The zero-order chi connectivity index (χ0) is 13.7. The quantitative estimate of drug-likeness (QED) is 0.759. The van der Waals surface area contributed by atoms with Crippen molar-refractivity contribution >= 4 is 11.7 Å². The van der Waals surface area contributed by atoms with E-state index in [0.717, 1.165) is 17.5 Å². The number of hydrogen-bond acceptors (Lipinski definition) is 3. The molecule has 0 fully saturated rings. The van der Waals surface area contributed by atoms with Gasteiger partial charge in [0.25, 0.3) is 0 Å². The van der Waals surface area contributed by atoms with Gasteiger partial charge in [0.05, 0.1) is 12.2 Å². The highest BCUT2D eigenvalue weighted by atomic mass is 16.2. The normalized spacial score (nSPS) is 12.1. The van der Waals surface area contributed by atoms with E-state index in [-0.39, 0.29) is 5.91 Å². The number of hydrogen-bond donors (Lipinski definition) is 3. The maximum Gasteiger partial charge on any atom is 0.242 e. The van der Waals surface area contributed by atoms with Crippen molar-refractivity contribution in [2.75, 3.05) is 5.32 Å². The predicted octanol–water partition coefficient (Wildman–Crippen LogP) is 1.48. The zero-order valence-corrected chi connectivity index (χ0v) is 10.9. The van der Waals surface area contributed by atoms with Crippen LogP contribution in [0.5, 0.6) is 0 Å². The summed E-state index contributed by atoms with van der Waals surface area (Å²) in [6, 6.07) is 9.15. The van der Waals surface area contributed by atoms with E-state index in [2.05, 4.69) is 15.5 Å². The number of nitrogens with one attached hydrogen (secondary N) is 2. The molecule has 0 aliphatic rings. The fourth-order valence-corrected chi connectivity index (χ4v) is 1.86. The first-order chi connectivity index (χ1) is 9.20. The molecular formula is C14H18N4O. The Hall–Kier alpha value is -2.14. The molecule has 1 aromatic carbocycles. The third-order valence-corrected chi connectivity index (χ3v) is 2.98. The SMILES string of the molecule is CCc1cn[nH]c1NC(=O)C(N)Cc1ccccc1. The van der Waals surface area contributed by atoms with Crippen LogP contribution in [0.3, 0.4) is 0 Å². The van der Waals surface area contributed by atoms with Gasteiger partial charge in [-0.1, -0.05) is 37.3 Å². The van der Waals surface area contributed by atoms with Gasteiger partial charge in [0.1, 0.15) is 5.82 Å². The summed E-state index contributed by atoms with van der Waals surface area (Å²) in [4.78, 5) is 12.0. The highest BCUT2D eigenvalue weighted by Gasteiger charge is 2.16. The molecule has 0 bridgehead atoms. The van der Waals surface area contributed by atoms with Gasteiger partial charge < -0.3 is 11.1 Å². The molecule has 0 saturated carbocycles. The van der Waals surface area contributed by atoms with E-state index in [1.165, 1.54) is 0 Å². The molecule has 5 nitrogen and oxygen atoms in total. The largest absolute Gasteiger partial charge is 0.320 e. The monoisotopic (exact) mass is 258 g/mol. The van der Waals surface area contributed by atoms with E-state index in [4.69, 9.17) is 5.73 Å². The highest BCUT2D eigenvalue weighted by Crippen LogP contribution is 2.12. The molecule has 2 rings (SSSR count). The summed E-state index contributed by atoms with van der Waals surface area (Å²) in [5.41, 5.74) is 7.93. The zero-order valence-electron chi connectivity index (χ0n) is 10.9. The van der Waals surface area contributed by atoms with E-state index >= 15 is 0 Å². The van der Waals surface area contributed by atoms with Crippen LogP contribution in [0.25, 0.3) is 0 Å². The number of aromatic nitrogens is 2. The van der Waals surface area contributed by atoms with Crippen molar-refractivity contribution in [2.24, 2.45) is 5.73 Å². The topological polar surface area (TPSA) is 83.8 Å². The summed E-state index contributed by atoms with van der Waals surface area (Å²) in [6.45, 7) is 2.00. The lowest BCUT2D eigenvalue weighted by molar-refractivity contribution is -0.117. The molecule has 19 heavy (non-hydrogen) atoms. The van der Waals surface area contributed by atoms with E-state index in [1.807, 2.05) is 37.3 Å². The molecule has 0 aliphatic heterocycles. The summed E-state index contributed by atoms with van der Waals surface area (Å²) < 4.78 is 0. The van der Waals surface area contributed by atoms with Crippen LogP contribution in [-0.2, 0) is 17.6 Å². The first-order valence-corrected chi connectivity index (χ1v) is 6.33. The number of H-pyrrole nitrogens is 1. The summed E-state index contributed by atoms with van der Waals surface area (Å²) in [5.74, 6) is 0.429. The van der Waals surface area contributed by atoms with Crippen LogP contribution < -0.4 is 11.1 Å². The van der Waals surface area contributed by atoms with E-state index in [9.17, 15) is 4.79 Å². The van der Waals surface area contributed by atoms with Crippen molar-refractivity contribution < 1.29 is 4.79 Å². The summed E-state index contributed by atoms with van der Waals surface area (Å²) >= 11 is 0. The summed E-state index contributed by atoms with van der Waals surface area (Å²) in [5, 5.41) is 9.46. The summed E-state index contributed by atoms with van der Waals surface area (Å²) in [6.07, 6.45) is 3.03. The molecule has 0 radical (unpaired) electrons. The Bertz CT molecular complexity index is 535. The van der Waals surface area contributed by atoms with Crippen LogP contribution in [0, 0.1) is 0 Å². The van der Waals surface area contributed by atoms with Gasteiger partial charge >= 0.3 is 0 Å². The van der Waals surface area contributed by atoms with Gasteiger partial charge in [-0.05, 0) is 18.4 Å². The Morgan fingerprint density at radius 3 is 2.84 bits per heavy atom. The van der Waals surface area contributed by atoms with Crippen molar-refractivity contribution in [3.05, 3.63) is 47.7 Å². The molecule has 0 saturated heterocycles. The van der Waals surface area contributed by atoms with Crippen molar-refractivity contribution in [3.63, 3.8) is 0 Å². The second kappa shape index (κ2) is 6.15. The molecule has 0 aliphatic carbocycles. The molecule has 4 N–H and O–H groups in total. The number of nitrogens with zero attached hydrogens (tertiary/aromatic N) is 1. The second-order valence-electron chi connectivity index (χ2n) is 4.41. The van der Waals surface area contributed by atoms with Crippen molar-refractivity contribution in [3.8, 4) is 0 Å². The molecule has 1 aromatic heterocycles. The number of benzene rings is 1. The smallest absolute Gasteiger partial charge is 0.242 e. The Balaban J connectivity index is 1.96. The minimum Gasteiger partial charge on any atom is -0.320 e. The maximum atomic E-state index is 12.0. The van der Waals surface area contributed by atoms with Gasteiger partial charge in [-0.2, -0.15) is 5.10 Å². The van der Waals surface area contributed by atoms with Crippen LogP contribution in [0.15, 0.2) is 36.5 Å². The number of anilines is 1. The molecule has 5 heteroatoms. The Kier molecular flexibility index (Phi) is 4.30. The van der Waals surface area contributed by atoms with Crippen LogP contribution in [-0.4, -0.2) is 22.1 Å². The Labute approximate surface area is 112 Å². The molecule has 1 atom stereocenters. The average Bonchev–Trinajstić information content (AvgIpc) is 2.87. The number of nitrogens with two attached hydrogens (primary N) is 1. The van der Waals surface area contributed by atoms with Gasteiger partial charge in [0.2, 0.25) is 5.91 Å². The molecule has 2 aromatic rings. The van der Waals surface area contributed by atoms with Gasteiger partial charge in [-0.3, -0.25) is 9.89 Å². The lowest BCUT2D eigenvalue weighted by Crippen LogP contribution is -2.37. The first kappa shape index (κ1) is 13.3. The fraction of sp³-hybridized carbons (Fsp3) is 0.286. The molecule has 1 unspecified atom stereocenters. The van der Waals surface area contributed by atoms with Gasteiger partial charge in [0.15, 0.2) is 0 Å². The van der Waals surface area contributed by atoms with E-state index in [1.54, 1.807) is 6.20 Å². The molecule has 1 heterocycles. The van der Waals surface area contributed by atoms with Crippen molar-refractivity contribution in [1.82, 2.24) is 10.2 Å². The number of rotatable bonds is 5. The molecule has 1 amide bonds. The highest BCUT2D eigenvalue weighted by molar-refractivity contribution is 5.94. The van der Waals surface area contributed by atoms with Crippen molar-refractivity contribution in [1.29, 1.82) is 0 Å². The van der Waals surface area contributed by atoms with Gasteiger partial charge in [-0.15, -0.1) is 0 Å². The predicted molar refractivity (Wildman–Crippen MR) is 74.7 cm³/mol. The van der Waals surface area contributed by atoms with Crippen LogP contribution in [0.1, 0.15) is 18.1 Å². The number of aryl methyl sites for hydroxylation is 1. The first-order valence-electron chi connectivity index (χ1n) is 6.33. The minimum absolute atomic E-state index is 0.206. The third kappa shape index (κ3) is 3.42. The number of amides is 1. The van der Waals surface area contributed by atoms with Crippen LogP contribution in [0.2, 0.25) is 0 Å². The summed E-state index contributed by atoms with van der Waals surface area (Å²) in [7, 11) is 0. The maximum absolute atomic E-state index is 12.0. The molecule has 0 spiro atoms. The average molecular weight is 258 g/mol. The molecular weight excluding hydrogens is 240 g/mol. The molecule has 100 valence electrons. The van der Waals surface area contributed by atoms with Crippen LogP contribution >= 0.6 is 0 Å². The van der Waals surface area contributed by atoms with E-state index < -0.39 is 6.04 Å². The second-order valence-corrected chi connectivity index (χ2v) is 4.41. The number of carbonyl (C=O) groups is 1. The van der Waals surface area contributed by atoms with Gasteiger partial charge in [-0.25, -0.2) is 0 Å². The Morgan fingerprint density at radius 1 is 1.42 bits per heavy atom. The number of aromatic amines is 1. The third-order valence-electron chi connectivity index (χ3n) is 2.98. The van der Waals surface area contributed by atoms with Crippen molar-refractivity contribution in [2.45, 2.75) is 25.8 Å². The Morgan fingerprint density at radius 2 is 2.16 bits per heavy atom. The fourth-order valence-electron chi connectivity index (χ4n) is 1.86. The lowest BCUT2D eigenvalue weighted by Gasteiger charge is -2.12. The minimum atomic E-state index is -0.574. The number of carbonyl (C=O) groups excluding carboxylic acids is 1. The lowest BCUT2D eigenvalue weighted by atomic mass is 10.1.